The van der Waals surface area contributed by atoms with Gasteiger partial charge in [0.15, 0.2) is 11.6 Å². The molecule has 130 valence electrons. The van der Waals surface area contributed by atoms with Crippen LogP contribution < -0.4 is 5.32 Å². The molecule has 24 heavy (non-hydrogen) atoms. The molecule has 0 radical (unpaired) electrons. The summed E-state index contributed by atoms with van der Waals surface area (Å²) in [5, 5.41) is 15.3. The molecule has 0 saturated carbocycles. The lowest BCUT2D eigenvalue weighted by Crippen LogP contribution is -2.28. The van der Waals surface area contributed by atoms with E-state index in [4.69, 9.17) is 4.52 Å². The molecule has 3 heterocycles. The summed E-state index contributed by atoms with van der Waals surface area (Å²) < 4.78 is 7.21. The largest absolute Gasteiger partial charge is 0.346 e. The van der Waals surface area contributed by atoms with Gasteiger partial charge in [0.2, 0.25) is 11.8 Å². The molecule has 2 aromatic rings. The van der Waals surface area contributed by atoms with E-state index in [1.807, 2.05) is 6.92 Å². The molecule has 0 fully saturated rings. The topological polar surface area (TPSA) is 98.7 Å². The number of carbonyl (C=O) groups is 1. The molecule has 0 spiro atoms. The van der Waals surface area contributed by atoms with Crippen LogP contribution in [-0.4, -0.2) is 30.8 Å². The molecular formula is C16H24N6O2. The van der Waals surface area contributed by atoms with Crippen molar-refractivity contribution in [1.82, 2.24) is 30.2 Å². The van der Waals surface area contributed by atoms with E-state index < -0.39 is 0 Å². The molecule has 0 saturated heterocycles. The van der Waals surface area contributed by atoms with E-state index in [9.17, 15) is 4.79 Å². The second-order valence-corrected chi connectivity index (χ2v) is 6.31. The van der Waals surface area contributed by atoms with Crippen LogP contribution >= 0.6 is 0 Å². The Morgan fingerprint density at radius 2 is 2.21 bits per heavy atom. The lowest BCUT2D eigenvalue weighted by atomic mass is 10.2. The third-order valence-electron chi connectivity index (χ3n) is 4.27. The summed E-state index contributed by atoms with van der Waals surface area (Å²) in [5.41, 5.74) is 0. The Balaban J connectivity index is 1.50. The molecule has 1 atom stereocenters. The second-order valence-electron chi connectivity index (χ2n) is 6.31. The molecule has 1 N–H and O–H groups in total. The molecule has 0 bridgehead atoms. The molecule has 0 aromatic carbocycles. The molecule has 0 aliphatic carbocycles. The summed E-state index contributed by atoms with van der Waals surface area (Å²) in [7, 11) is 0. The molecule has 8 nitrogen and oxygen atoms in total. The number of aromatic nitrogens is 5. The van der Waals surface area contributed by atoms with Gasteiger partial charge in [-0.1, -0.05) is 11.6 Å². The lowest BCUT2D eigenvalue weighted by Gasteiger charge is -2.15. The minimum absolute atomic E-state index is 0.00436. The van der Waals surface area contributed by atoms with E-state index in [-0.39, 0.29) is 11.9 Å². The minimum Gasteiger partial charge on any atom is -0.346 e. The third kappa shape index (κ3) is 3.98. The maximum Gasteiger partial charge on any atom is 0.226 e. The van der Waals surface area contributed by atoms with Crippen molar-refractivity contribution in [3.63, 3.8) is 0 Å². The SMILES string of the molecule is Cc1noc(CCCC(=O)NC(C)c2nnc3n2CCCCC3)n1. The van der Waals surface area contributed by atoms with E-state index >= 15 is 0 Å². The summed E-state index contributed by atoms with van der Waals surface area (Å²) >= 11 is 0. The van der Waals surface area contributed by atoms with Gasteiger partial charge in [-0.15, -0.1) is 10.2 Å². The Bertz CT molecular complexity index is 693. The number of amides is 1. The fraction of sp³-hybridized carbons (Fsp3) is 0.688. The van der Waals surface area contributed by atoms with Gasteiger partial charge in [-0.05, 0) is 33.1 Å². The molecule has 1 unspecified atom stereocenters. The van der Waals surface area contributed by atoms with Gasteiger partial charge in [0, 0.05) is 25.8 Å². The quantitative estimate of drug-likeness (QED) is 0.867. The Kier molecular flexibility index (Phi) is 5.22. The normalized spacial score (nSPS) is 15.6. The molecule has 1 aliphatic heterocycles. The van der Waals surface area contributed by atoms with Crippen molar-refractivity contribution in [3.8, 4) is 0 Å². The van der Waals surface area contributed by atoms with Crippen molar-refractivity contribution < 1.29 is 9.32 Å². The minimum atomic E-state index is -0.137. The van der Waals surface area contributed by atoms with Gasteiger partial charge in [-0.3, -0.25) is 4.79 Å². The van der Waals surface area contributed by atoms with Gasteiger partial charge in [0.25, 0.3) is 0 Å². The number of hydrogen-bond donors (Lipinski definition) is 1. The van der Waals surface area contributed by atoms with Crippen molar-refractivity contribution in [3.05, 3.63) is 23.4 Å². The van der Waals surface area contributed by atoms with Gasteiger partial charge < -0.3 is 14.4 Å². The van der Waals surface area contributed by atoms with Crippen molar-refractivity contribution >= 4 is 5.91 Å². The predicted molar refractivity (Wildman–Crippen MR) is 86.1 cm³/mol. The average Bonchev–Trinajstić information content (AvgIpc) is 3.07. The first-order valence-corrected chi connectivity index (χ1v) is 8.64. The number of fused-ring (bicyclic) bond motifs is 1. The van der Waals surface area contributed by atoms with Gasteiger partial charge in [-0.25, -0.2) is 0 Å². The lowest BCUT2D eigenvalue weighted by molar-refractivity contribution is -0.121. The van der Waals surface area contributed by atoms with E-state index in [2.05, 4.69) is 30.2 Å². The molecule has 2 aromatic heterocycles. The molecule has 1 amide bonds. The van der Waals surface area contributed by atoms with Crippen LogP contribution in [0.4, 0.5) is 0 Å². The van der Waals surface area contributed by atoms with Crippen LogP contribution in [0, 0.1) is 6.92 Å². The highest BCUT2D eigenvalue weighted by Gasteiger charge is 2.20. The number of rotatable bonds is 6. The highest BCUT2D eigenvalue weighted by Crippen LogP contribution is 2.18. The van der Waals surface area contributed by atoms with Crippen LogP contribution in [0.25, 0.3) is 0 Å². The molecule has 8 heteroatoms. The zero-order valence-electron chi connectivity index (χ0n) is 14.3. The van der Waals surface area contributed by atoms with Crippen LogP contribution in [0.1, 0.15) is 68.4 Å². The molecular weight excluding hydrogens is 308 g/mol. The van der Waals surface area contributed by atoms with Crippen molar-refractivity contribution in [2.75, 3.05) is 0 Å². The fourth-order valence-electron chi connectivity index (χ4n) is 3.05. The van der Waals surface area contributed by atoms with Gasteiger partial charge in [0.1, 0.15) is 5.82 Å². The van der Waals surface area contributed by atoms with Crippen LogP contribution in [-0.2, 0) is 24.2 Å². The van der Waals surface area contributed by atoms with Gasteiger partial charge in [0.05, 0.1) is 6.04 Å². The van der Waals surface area contributed by atoms with E-state index in [0.29, 0.717) is 31.0 Å². The zero-order valence-corrected chi connectivity index (χ0v) is 14.3. The Morgan fingerprint density at radius 3 is 3.00 bits per heavy atom. The average molecular weight is 332 g/mol. The highest BCUT2D eigenvalue weighted by molar-refractivity contribution is 5.76. The number of nitrogens with one attached hydrogen (secondary N) is 1. The Morgan fingerprint density at radius 1 is 1.33 bits per heavy atom. The Labute approximate surface area is 141 Å². The molecule has 1 aliphatic rings. The summed E-state index contributed by atoms with van der Waals surface area (Å²) in [6, 6.07) is -0.137. The van der Waals surface area contributed by atoms with Gasteiger partial charge in [-0.2, -0.15) is 4.98 Å². The third-order valence-corrected chi connectivity index (χ3v) is 4.27. The standard InChI is InChI=1S/C16H24N6O2/c1-11(16-20-19-13-7-4-3-5-10-22(13)16)17-14(23)8-6-9-15-18-12(2)21-24-15/h11H,3-10H2,1-2H3,(H,17,23). The number of hydrogen-bond acceptors (Lipinski definition) is 6. The smallest absolute Gasteiger partial charge is 0.226 e. The summed E-state index contributed by atoms with van der Waals surface area (Å²) in [6.45, 7) is 4.68. The van der Waals surface area contributed by atoms with Crippen LogP contribution in [0.2, 0.25) is 0 Å². The fourth-order valence-corrected chi connectivity index (χ4v) is 3.05. The van der Waals surface area contributed by atoms with Crippen LogP contribution in [0.15, 0.2) is 4.52 Å². The second kappa shape index (κ2) is 7.55. The van der Waals surface area contributed by atoms with Crippen LogP contribution in [0.3, 0.4) is 0 Å². The maximum atomic E-state index is 12.1. The monoisotopic (exact) mass is 332 g/mol. The first-order chi connectivity index (χ1) is 11.6. The van der Waals surface area contributed by atoms with Crippen molar-refractivity contribution in [2.45, 2.75) is 71.4 Å². The first kappa shape index (κ1) is 16.6. The predicted octanol–water partition coefficient (Wildman–Crippen LogP) is 1.90. The summed E-state index contributed by atoms with van der Waals surface area (Å²) in [5.74, 6) is 3.10. The van der Waals surface area contributed by atoms with E-state index in [1.54, 1.807) is 6.92 Å². The van der Waals surface area contributed by atoms with Crippen molar-refractivity contribution in [1.29, 1.82) is 0 Å². The van der Waals surface area contributed by atoms with Crippen LogP contribution in [0.5, 0.6) is 0 Å². The summed E-state index contributed by atoms with van der Waals surface area (Å²) in [4.78, 5) is 16.3. The summed E-state index contributed by atoms with van der Waals surface area (Å²) in [6.07, 6.45) is 6.21. The maximum absolute atomic E-state index is 12.1. The van der Waals surface area contributed by atoms with Gasteiger partial charge >= 0.3 is 0 Å². The van der Waals surface area contributed by atoms with E-state index in [0.717, 1.165) is 37.5 Å². The first-order valence-electron chi connectivity index (χ1n) is 8.64. The number of carbonyl (C=O) groups excluding carboxylic acids is 1. The molecule has 3 rings (SSSR count). The zero-order chi connectivity index (χ0) is 16.9. The van der Waals surface area contributed by atoms with Crippen molar-refractivity contribution in [2.24, 2.45) is 0 Å². The highest BCUT2D eigenvalue weighted by atomic mass is 16.5. The Hall–Kier alpha value is -2.25. The van der Waals surface area contributed by atoms with E-state index in [1.165, 1.54) is 6.42 Å². The number of nitrogens with zero attached hydrogens (tertiary/aromatic N) is 5. The number of aryl methyl sites for hydroxylation is 3.